The molecule has 3 N–H and O–H groups in total. The number of carbonyl (C=O) groups excluding carboxylic acids is 1. The number of fused-ring (bicyclic) bond motifs is 1. The van der Waals surface area contributed by atoms with Crippen molar-refractivity contribution in [1.29, 1.82) is 0 Å². The summed E-state index contributed by atoms with van der Waals surface area (Å²) in [6, 6.07) is 24.8. The van der Waals surface area contributed by atoms with Gasteiger partial charge in [0, 0.05) is 16.9 Å². The van der Waals surface area contributed by atoms with Crippen LogP contribution in [0.4, 0.5) is 5.95 Å². The molecule has 1 aliphatic rings. The van der Waals surface area contributed by atoms with E-state index in [1.165, 1.54) is 4.68 Å². The number of aromatic amines is 1. The molecule has 5 aromatic rings. The lowest BCUT2D eigenvalue weighted by Crippen LogP contribution is -2.35. The van der Waals surface area contributed by atoms with Gasteiger partial charge in [0.2, 0.25) is 11.9 Å². The first kappa shape index (κ1) is 34.8. The summed E-state index contributed by atoms with van der Waals surface area (Å²) < 4.78 is 42.8. The number of H-pyrrole nitrogens is 1. The largest absolute Gasteiger partial charge is 0.695 e. The molecule has 6 rings (SSSR count). The average Bonchev–Trinajstić information content (AvgIpc) is 3.73. The fourth-order valence-corrected chi connectivity index (χ4v) is 6.30. The number of rotatable bonds is 13. The van der Waals surface area contributed by atoms with Gasteiger partial charge in [0.05, 0.1) is 26.9 Å². The van der Waals surface area contributed by atoms with Crippen LogP contribution < -0.4 is 20.3 Å². The molecule has 2 aromatic heterocycles. The maximum absolute atomic E-state index is 12.8. The Morgan fingerprint density at radius 2 is 1.62 bits per heavy atom. The number of hydrogen-bond donors (Lipinski definition) is 3. The molecular formula is C34H36N6O9P+. The number of ether oxygens (including phenoxy) is 4. The van der Waals surface area contributed by atoms with Crippen LogP contribution in [0.1, 0.15) is 43.2 Å². The van der Waals surface area contributed by atoms with Gasteiger partial charge >= 0.3 is 8.25 Å². The second-order valence-corrected chi connectivity index (χ2v) is 12.5. The van der Waals surface area contributed by atoms with Gasteiger partial charge < -0.3 is 18.9 Å². The van der Waals surface area contributed by atoms with Gasteiger partial charge in [-0.2, -0.15) is 9.67 Å². The van der Waals surface area contributed by atoms with Gasteiger partial charge in [-0.3, -0.25) is 19.9 Å². The standard InChI is InChI=1S/C34H35N6O9P/c1-20(2)30(41)36-33-35-29-28(31(42)37-33)38-39-40(29)32-27(49-50(43)44)18-26(48-32)19-47-34(21-8-6-5-7-9-21,22-10-14-24(45-3)15-11-22)23-12-16-25(46-4)17-13-23/h5-17,20,26-27,32H,18-19H2,1-4H3,(H2-,35,36,37,39,41,42,43,44)/p+1/t26-,27-,32+/m0/s1. The van der Waals surface area contributed by atoms with Gasteiger partial charge in [-0.1, -0.05) is 73.7 Å². The number of amides is 1. The van der Waals surface area contributed by atoms with Crippen LogP contribution >= 0.6 is 8.25 Å². The highest BCUT2D eigenvalue weighted by atomic mass is 31.1. The number of methoxy groups -OCH3 is 2. The fourth-order valence-electron chi connectivity index (χ4n) is 5.87. The van der Waals surface area contributed by atoms with Crippen molar-refractivity contribution >= 4 is 31.3 Å². The molecule has 1 fully saturated rings. The number of aromatic nitrogens is 5. The number of benzene rings is 3. The minimum Gasteiger partial charge on any atom is -0.497 e. The molecule has 50 heavy (non-hydrogen) atoms. The molecule has 0 spiro atoms. The van der Waals surface area contributed by atoms with E-state index in [0.717, 1.165) is 16.7 Å². The quantitative estimate of drug-likeness (QED) is 0.116. The van der Waals surface area contributed by atoms with Crippen molar-refractivity contribution in [1.82, 2.24) is 25.0 Å². The van der Waals surface area contributed by atoms with Crippen molar-refractivity contribution in [3.05, 3.63) is 106 Å². The first-order valence-electron chi connectivity index (χ1n) is 15.8. The number of carbonyl (C=O) groups is 1. The van der Waals surface area contributed by atoms with Gasteiger partial charge in [-0.25, -0.2) is 0 Å². The molecule has 3 aromatic carbocycles. The summed E-state index contributed by atoms with van der Waals surface area (Å²) >= 11 is 0. The summed E-state index contributed by atoms with van der Waals surface area (Å²) in [5, 5.41) is 10.6. The highest BCUT2D eigenvalue weighted by molar-refractivity contribution is 7.32. The molecular weight excluding hydrogens is 667 g/mol. The van der Waals surface area contributed by atoms with Crippen molar-refractivity contribution < 1.29 is 37.7 Å². The Balaban J connectivity index is 1.38. The third-order valence-corrected chi connectivity index (χ3v) is 8.82. The summed E-state index contributed by atoms with van der Waals surface area (Å²) in [7, 11) is 0.132. The molecule has 1 amide bonds. The van der Waals surface area contributed by atoms with E-state index in [1.54, 1.807) is 28.1 Å². The summed E-state index contributed by atoms with van der Waals surface area (Å²) in [6.07, 6.45) is -2.72. The molecule has 1 saturated heterocycles. The van der Waals surface area contributed by atoms with Crippen molar-refractivity contribution in [2.45, 2.75) is 44.3 Å². The summed E-state index contributed by atoms with van der Waals surface area (Å²) in [6.45, 7) is 3.38. The second kappa shape index (κ2) is 14.8. The van der Waals surface area contributed by atoms with Crippen LogP contribution in [0.25, 0.3) is 11.2 Å². The zero-order valence-electron chi connectivity index (χ0n) is 27.7. The minimum absolute atomic E-state index is 0.0120. The normalized spacial score (nSPS) is 18.0. The molecule has 1 aliphatic heterocycles. The minimum atomic E-state index is -3.06. The van der Waals surface area contributed by atoms with E-state index in [9.17, 15) is 19.0 Å². The van der Waals surface area contributed by atoms with Crippen LogP contribution in [-0.2, 0) is 29.0 Å². The van der Waals surface area contributed by atoms with E-state index in [1.807, 2.05) is 78.9 Å². The van der Waals surface area contributed by atoms with E-state index >= 15 is 0 Å². The Labute approximate surface area is 287 Å². The predicted octanol–water partition coefficient (Wildman–Crippen LogP) is 4.46. The van der Waals surface area contributed by atoms with Crippen LogP contribution in [0, 0.1) is 5.92 Å². The van der Waals surface area contributed by atoms with Gasteiger partial charge in [0.15, 0.2) is 23.5 Å². The molecule has 260 valence electrons. The summed E-state index contributed by atoms with van der Waals surface area (Å²) in [4.78, 5) is 41.8. The third kappa shape index (κ3) is 6.99. The van der Waals surface area contributed by atoms with Gasteiger partial charge in [0.1, 0.15) is 17.1 Å². The Hall–Kier alpha value is -5.05. The average molecular weight is 704 g/mol. The summed E-state index contributed by atoms with van der Waals surface area (Å²) in [5.74, 6) is 0.486. The Kier molecular flexibility index (Phi) is 10.3. The SMILES string of the molecule is COc1ccc(C(OC[C@@H]2C[C@H](O[P+](=O)O)[C@H](n3nnc4c(=O)[nH]c(NC(=O)C(C)C)nc43)O2)(c2ccccc2)c2ccc(OC)cc2)cc1. The number of anilines is 1. The zero-order valence-corrected chi connectivity index (χ0v) is 28.6. The van der Waals surface area contributed by atoms with E-state index in [-0.39, 0.29) is 42.0 Å². The maximum atomic E-state index is 12.8. The van der Waals surface area contributed by atoms with Crippen molar-refractivity contribution in [3.8, 4) is 11.5 Å². The topological polar surface area (TPSA) is 189 Å². The summed E-state index contributed by atoms with van der Waals surface area (Å²) in [5.41, 5.74) is 0.502. The van der Waals surface area contributed by atoms with Crippen molar-refractivity contribution in [3.63, 3.8) is 0 Å². The first-order valence-corrected chi connectivity index (χ1v) is 16.9. The van der Waals surface area contributed by atoms with Gasteiger partial charge in [0.25, 0.3) is 5.56 Å². The lowest BCUT2D eigenvalue weighted by Gasteiger charge is -2.37. The van der Waals surface area contributed by atoms with Crippen LogP contribution in [0.15, 0.2) is 83.7 Å². The lowest BCUT2D eigenvalue weighted by atomic mass is 9.80. The number of hydrogen-bond acceptors (Lipinski definition) is 11. The van der Waals surface area contributed by atoms with Crippen molar-refractivity contribution in [2.75, 3.05) is 26.1 Å². The molecule has 0 bridgehead atoms. The maximum Gasteiger partial charge on any atom is 0.695 e. The molecule has 0 saturated carbocycles. The van der Waals surface area contributed by atoms with E-state index < -0.39 is 37.9 Å². The van der Waals surface area contributed by atoms with E-state index in [4.69, 9.17) is 23.5 Å². The molecule has 1 unspecified atom stereocenters. The molecule has 4 atom stereocenters. The smallest absolute Gasteiger partial charge is 0.497 e. The predicted molar refractivity (Wildman–Crippen MR) is 181 cm³/mol. The molecule has 0 aliphatic carbocycles. The fraction of sp³-hybridized carbons (Fsp3) is 0.324. The van der Waals surface area contributed by atoms with Crippen LogP contribution in [0.2, 0.25) is 0 Å². The Morgan fingerprint density at radius 1 is 1.02 bits per heavy atom. The number of nitrogens with zero attached hydrogens (tertiary/aromatic N) is 4. The third-order valence-electron chi connectivity index (χ3n) is 8.37. The van der Waals surface area contributed by atoms with Crippen molar-refractivity contribution in [2.24, 2.45) is 5.92 Å². The van der Waals surface area contributed by atoms with Crippen LogP contribution in [0.5, 0.6) is 11.5 Å². The molecule has 15 nitrogen and oxygen atoms in total. The van der Waals surface area contributed by atoms with Gasteiger partial charge in [-0.05, 0) is 41.0 Å². The molecule has 0 radical (unpaired) electrons. The Morgan fingerprint density at radius 3 is 2.18 bits per heavy atom. The second-order valence-electron chi connectivity index (χ2n) is 11.8. The lowest BCUT2D eigenvalue weighted by molar-refractivity contribution is -0.118. The molecule has 3 heterocycles. The molecule has 16 heteroatoms. The van der Waals surface area contributed by atoms with E-state index in [2.05, 4.69) is 25.6 Å². The van der Waals surface area contributed by atoms with Gasteiger partial charge in [-0.15, -0.1) is 14.5 Å². The Bertz CT molecular complexity index is 1970. The monoisotopic (exact) mass is 703 g/mol. The first-order chi connectivity index (χ1) is 24.1. The zero-order chi connectivity index (χ0) is 35.4. The van der Waals surface area contributed by atoms with E-state index in [0.29, 0.717) is 11.5 Å². The highest BCUT2D eigenvalue weighted by Gasteiger charge is 2.46. The van der Waals surface area contributed by atoms with Crippen LogP contribution in [-0.4, -0.2) is 68.8 Å². The van der Waals surface area contributed by atoms with Crippen LogP contribution in [0.3, 0.4) is 0 Å². The number of nitrogens with one attached hydrogen (secondary N) is 2. The highest BCUT2D eigenvalue weighted by Crippen LogP contribution is 2.43.